The van der Waals surface area contributed by atoms with Crippen molar-refractivity contribution in [3.63, 3.8) is 0 Å². The van der Waals surface area contributed by atoms with Crippen LogP contribution in [0.1, 0.15) is 25.5 Å². The fourth-order valence-electron chi connectivity index (χ4n) is 3.14. The Balaban J connectivity index is 1.75. The van der Waals surface area contributed by atoms with Crippen molar-refractivity contribution >= 4 is 46.2 Å². The van der Waals surface area contributed by atoms with Gasteiger partial charge in [0.25, 0.3) is 0 Å². The van der Waals surface area contributed by atoms with E-state index < -0.39 is 18.1 Å². The lowest BCUT2D eigenvalue weighted by atomic mass is 10.0. The molecule has 170 valence electrons. The van der Waals surface area contributed by atoms with Crippen LogP contribution in [0.4, 0.5) is 21.5 Å². The Morgan fingerprint density at radius 3 is 2.39 bits per heavy atom. The molecule has 0 saturated heterocycles. The van der Waals surface area contributed by atoms with E-state index >= 15 is 0 Å². The highest BCUT2D eigenvalue weighted by molar-refractivity contribution is 6.36. The number of hydrogen-bond donors (Lipinski definition) is 2. The molecule has 4 nitrogen and oxygen atoms in total. The molecule has 2 unspecified atom stereocenters. The van der Waals surface area contributed by atoms with Crippen LogP contribution >= 0.6 is 23.2 Å². The summed E-state index contributed by atoms with van der Waals surface area (Å²) < 4.78 is 18.8. The maximum atomic E-state index is 13.1. The average Bonchev–Trinajstić information content (AvgIpc) is 2.78. The zero-order valence-electron chi connectivity index (χ0n) is 18.1. The molecule has 33 heavy (non-hydrogen) atoms. The Hall–Kier alpha value is -3.20. The van der Waals surface area contributed by atoms with Crippen molar-refractivity contribution in [1.29, 1.82) is 0 Å². The minimum Gasteiger partial charge on any atom is -0.443 e. The van der Waals surface area contributed by atoms with Crippen molar-refractivity contribution in [2.24, 2.45) is 5.92 Å². The Bertz CT molecular complexity index is 1160. The fraction of sp³-hybridized carbons (Fsp3) is 0.192. The number of carbonyl (C=O) groups is 1. The number of benzene rings is 3. The topological polar surface area (TPSA) is 50.4 Å². The van der Waals surface area contributed by atoms with Crippen LogP contribution in [0, 0.1) is 24.1 Å². The Kier molecular flexibility index (Phi) is 8.21. The first-order valence-electron chi connectivity index (χ1n) is 10.3. The second kappa shape index (κ2) is 11.1. The quantitative estimate of drug-likeness (QED) is 0.261. The third-order valence-electron chi connectivity index (χ3n) is 4.87. The molecule has 0 aromatic heterocycles. The Morgan fingerprint density at radius 1 is 1.03 bits per heavy atom. The van der Waals surface area contributed by atoms with E-state index in [0.29, 0.717) is 27.0 Å². The second-order valence-corrected chi connectivity index (χ2v) is 8.57. The van der Waals surface area contributed by atoms with Crippen LogP contribution in [0.2, 0.25) is 10.0 Å². The lowest BCUT2D eigenvalue weighted by Crippen LogP contribution is -2.36. The zero-order chi connectivity index (χ0) is 24.0. The molecule has 3 aromatic carbocycles. The summed E-state index contributed by atoms with van der Waals surface area (Å²) in [5.74, 6) is 1.61. The number of carbonyl (C=O) groups excluding carboxylic acids is 1. The first kappa shape index (κ1) is 24.4. The molecule has 0 saturated carbocycles. The molecule has 0 fully saturated rings. The Labute approximate surface area is 203 Å². The molecule has 0 heterocycles. The van der Waals surface area contributed by atoms with Crippen molar-refractivity contribution in [3.05, 3.63) is 88.2 Å². The molecule has 2 N–H and O–H groups in total. The zero-order valence-corrected chi connectivity index (χ0v) is 19.6. The molecular weight excluding hydrogens is 462 g/mol. The van der Waals surface area contributed by atoms with E-state index in [9.17, 15) is 9.18 Å². The first-order valence-corrected chi connectivity index (χ1v) is 11.0. The molecule has 0 radical (unpaired) electrons. The summed E-state index contributed by atoms with van der Waals surface area (Å²) in [6.45, 7) is 3.78. The van der Waals surface area contributed by atoms with Gasteiger partial charge in [-0.3, -0.25) is 0 Å². The van der Waals surface area contributed by atoms with Crippen molar-refractivity contribution in [2.75, 3.05) is 10.6 Å². The van der Waals surface area contributed by atoms with Gasteiger partial charge in [-0.15, -0.1) is 6.42 Å². The predicted octanol–water partition coefficient (Wildman–Crippen LogP) is 7.23. The molecule has 0 spiro atoms. The highest BCUT2D eigenvalue weighted by Gasteiger charge is 2.27. The van der Waals surface area contributed by atoms with Crippen LogP contribution in [-0.2, 0) is 9.53 Å². The third-order valence-corrected chi connectivity index (χ3v) is 5.42. The number of terminal acetylenes is 1. The number of rotatable bonds is 8. The van der Waals surface area contributed by atoms with Gasteiger partial charge in [0, 0.05) is 22.0 Å². The molecule has 0 amide bonds. The summed E-state index contributed by atoms with van der Waals surface area (Å²) in [6.07, 6.45) is 4.80. The highest BCUT2D eigenvalue weighted by Crippen LogP contribution is 2.28. The Morgan fingerprint density at radius 2 is 1.76 bits per heavy atom. The summed E-state index contributed by atoms with van der Waals surface area (Å²) in [7, 11) is 0. The number of esters is 1. The number of ether oxygens (including phenoxy) is 1. The summed E-state index contributed by atoms with van der Waals surface area (Å²) in [5, 5.41) is 7.19. The van der Waals surface area contributed by atoms with Gasteiger partial charge in [-0.1, -0.05) is 55.1 Å². The van der Waals surface area contributed by atoms with Crippen LogP contribution in [0.5, 0.6) is 0 Å². The van der Waals surface area contributed by atoms with E-state index in [1.54, 1.807) is 48.5 Å². The van der Waals surface area contributed by atoms with Gasteiger partial charge in [-0.05, 0) is 60.5 Å². The number of anilines is 3. The summed E-state index contributed by atoms with van der Waals surface area (Å²) >= 11 is 12.2. The smallest absolute Gasteiger partial charge is 0.330 e. The molecule has 0 aliphatic carbocycles. The van der Waals surface area contributed by atoms with Gasteiger partial charge in [0.1, 0.15) is 11.9 Å². The van der Waals surface area contributed by atoms with Crippen molar-refractivity contribution < 1.29 is 13.9 Å². The van der Waals surface area contributed by atoms with E-state index in [1.807, 2.05) is 19.9 Å². The van der Waals surface area contributed by atoms with Crippen molar-refractivity contribution in [1.82, 2.24) is 0 Å². The van der Waals surface area contributed by atoms with Crippen molar-refractivity contribution in [3.8, 4) is 12.3 Å². The maximum Gasteiger partial charge on any atom is 0.330 e. The minimum absolute atomic E-state index is 0.103. The second-order valence-electron chi connectivity index (χ2n) is 7.73. The van der Waals surface area contributed by atoms with Gasteiger partial charge in [0.05, 0.1) is 10.7 Å². The maximum absolute atomic E-state index is 13.1. The molecule has 0 aliphatic rings. The van der Waals surface area contributed by atoms with Gasteiger partial charge < -0.3 is 15.4 Å². The van der Waals surface area contributed by atoms with E-state index in [4.69, 9.17) is 34.4 Å². The van der Waals surface area contributed by atoms with Gasteiger partial charge in [-0.2, -0.15) is 0 Å². The largest absolute Gasteiger partial charge is 0.443 e. The minimum atomic E-state index is -0.892. The molecule has 2 atom stereocenters. The van der Waals surface area contributed by atoms with Crippen LogP contribution in [0.15, 0.2) is 66.7 Å². The first-order chi connectivity index (χ1) is 15.8. The molecule has 3 rings (SSSR count). The van der Waals surface area contributed by atoms with E-state index in [1.165, 1.54) is 12.1 Å². The molecule has 7 heteroatoms. The van der Waals surface area contributed by atoms with E-state index in [2.05, 4.69) is 16.6 Å². The van der Waals surface area contributed by atoms with Crippen LogP contribution in [0.3, 0.4) is 0 Å². The summed E-state index contributed by atoms with van der Waals surface area (Å²) in [4.78, 5) is 13.0. The van der Waals surface area contributed by atoms with Crippen LogP contribution < -0.4 is 10.6 Å². The lowest BCUT2D eigenvalue weighted by molar-refractivity contribution is -0.148. The lowest BCUT2D eigenvalue weighted by Gasteiger charge is -2.24. The predicted molar refractivity (Wildman–Crippen MR) is 133 cm³/mol. The average molecular weight is 485 g/mol. The number of nitrogens with one attached hydrogen (secondary N) is 2. The van der Waals surface area contributed by atoms with E-state index in [-0.39, 0.29) is 11.7 Å². The third kappa shape index (κ3) is 6.64. The van der Waals surface area contributed by atoms with Gasteiger partial charge in [0.2, 0.25) is 0 Å². The van der Waals surface area contributed by atoms with Gasteiger partial charge in [-0.25, -0.2) is 9.18 Å². The normalized spacial score (nSPS) is 12.5. The number of hydrogen-bond acceptors (Lipinski definition) is 4. The molecule has 3 aromatic rings. The van der Waals surface area contributed by atoms with Crippen LogP contribution in [-0.4, -0.2) is 12.0 Å². The highest BCUT2D eigenvalue weighted by atomic mass is 35.5. The number of halogens is 3. The standard InChI is InChI=1S/C26H23Cl2FN2O2/c1-4-24(17-6-5-7-21(14-17)30-20-11-9-19(29)10-12-20)33-26(32)25(16(2)3)31-23-13-8-18(27)15-22(23)28/h1,5-16,24-25,30-31H,2-3H3. The fourth-order valence-corrected chi connectivity index (χ4v) is 3.60. The molecule has 0 bridgehead atoms. The molecular formula is C26H23Cl2FN2O2. The van der Waals surface area contributed by atoms with Gasteiger partial charge in [0.15, 0.2) is 6.10 Å². The monoisotopic (exact) mass is 484 g/mol. The molecule has 0 aliphatic heterocycles. The summed E-state index contributed by atoms with van der Waals surface area (Å²) in [5.41, 5.74) is 2.64. The SMILES string of the molecule is C#CC(OC(=O)C(Nc1ccc(Cl)cc1Cl)C(C)C)c1cccc(Nc2ccc(F)cc2)c1. The van der Waals surface area contributed by atoms with Crippen LogP contribution in [0.25, 0.3) is 0 Å². The van der Waals surface area contributed by atoms with Crippen molar-refractivity contribution in [2.45, 2.75) is 26.0 Å². The summed E-state index contributed by atoms with van der Waals surface area (Å²) in [6, 6.07) is 17.5. The van der Waals surface area contributed by atoms with Gasteiger partial charge >= 0.3 is 5.97 Å². The van der Waals surface area contributed by atoms with E-state index in [0.717, 1.165) is 5.69 Å².